The number of benzene rings is 2. The summed E-state index contributed by atoms with van der Waals surface area (Å²) in [6.07, 6.45) is -5.33. The molecule has 1 unspecified atom stereocenters. The average Bonchev–Trinajstić information content (AvgIpc) is 2.68. The van der Waals surface area contributed by atoms with Gasteiger partial charge in [0.15, 0.2) is 6.29 Å². The van der Waals surface area contributed by atoms with Crippen molar-refractivity contribution in [3.63, 3.8) is 0 Å². The minimum atomic E-state index is -1.26. The Bertz CT molecular complexity index is 723. The lowest BCUT2D eigenvalue weighted by atomic mass is 9.98. The molecule has 0 amide bonds. The first-order chi connectivity index (χ1) is 12.6. The van der Waals surface area contributed by atoms with E-state index in [2.05, 4.69) is 0 Å². The molecule has 26 heavy (non-hydrogen) atoms. The standard InChI is InChI=1S/C19H21NO6/c20-12-6-8-13(9-7-12)24-19-16(22)15(21)17-14(25-19)10-23-18(26-17)11-4-2-1-3-5-11/h1-9,14-19,21-22H,10,20H2/t14-,15-,16-,17+,18?,19-/m1/s1. The highest BCUT2D eigenvalue weighted by atomic mass is 16.8. The number of ether oxygens (including phenoxy) is 4. The topological polar surface area (TPSA) is 103 Å². The SMILES string of the molecule is Nc1ccc(O[C@@H]2O[C@@H]3COC(c4ccccc4)O[C@@H]3[C@H](O)[C@H]2O)cc1. The van der Waals surface area contributed by atoms with E-state index in [0.29, 0.717) is 11.4 Å². The maximum Gasteiger partial charge on any atom is 0.229 e. The van der Waals surface area contributed by atoms with E-state index in [1.165, 1.54) is 0 Å². The van der Waals surface area contributed by atoms with E-state index in [4.69, 9.17) is 24.7 Å². The van der Waals surface area contributed by atoms with Gasteiger partial charge in [-0.25, -0.2) is 0 Å². The van der Waals surface area contributed by atoms with Crippen LogP contribution in [0.4, 0.5) is 5.69 Å². The maximum absolute atomic E-state index is 10.5. The largest absolute Gasteiger partial charge is 0.462 e. The van der Waals surface area contributed by atoms with Crippen LogP contribution < -0.4 is 10.5 Å². The third-order valence-electron chi connectivity index (χ3n) is 4.54. The van der Waals surface area contributed by atoms with Gasteiger partial charge in [0, 0.05) is 11.3 Å². The van der Waals surface area contributed by atoms with Gasteiger partial charge in [-0.05, 0) is 24.3 Å². The van der Waals surface area contributed by atoms with Crippen molar-refractivity contribution in [2.24, 2.45) is 0 Å². The van der Waals surface area contributed by atoms with E-state index in [9.17, 15) is 10.2 Å². The molecule has 2 aliphatic heterocycles. The van der Waals surface area contributed by atoms with E-state index in [1.54, 1.807) is 24.3 Å². The lowest BCUT2D eigenvalue weighted by Crippen LogP contribution is -2.62. The third kappa shape index (κ3) is 3.40. The first kappa shape index (κ1) is 17.3. The molecule has 2 aromatic carbocycles. The molecule has 4 rings (SSSR count). The van der Waals surface area contributed by atoms with Gasteiger partial charge in [0.05, 0.1) is 6.61 Å². The number of aliphatic hydroxyl groups excluding tert-OH is 2. The Kier molecular flexibility index (Phi) is 4.80. The van der Waals surface area contributed by atoms with Crippen LogP contribution in [0.2, 0.25) is 0 Å². The van der Waals surface area contributed by atoms with E-state index in [-0.39, 0.29) is 6.61 Å². The Morgan fingerprint density at radius 2 is 1.65 bits per heavy atom. The van der Waals surface area contributed by atoms with Crippen molar-refractivity contribution in [2.75, 3.05) is 12.3 Å². The molecule has 7 heteroatoms. The lowest BCUT2D eigenvalue weighted by molar-refractivity contribution is -0.350. The molecule has 4 N–H and O–H groups in total. The van der Waals surface area contributed by atoms with Crippen LogP contribution in [0.3, 0.4) is 0 Å². The zero-order valence-electron chi connectivity index (χ0n) is 14.0. The minimum Gasteiger partial charge on any atom is -0.462 e. The van der Waals surface area contributed by atoms with Crippen molar-refractivity contribution >= 4 is 5.69 Å². The summed E-state index contributed by atoms with van der Waals surface area (Å²) in [6.45, 7) is 0.218. The van der Waals surface area contributed by atoms with Gasteiger partial charge in [-0.3, -0.25) is 0 Å². The molecule has 2 aromatic rings. The molecule has 0 aromatic heterocycles. The highest BCUT2D eigenvalue weighted by molar-refractivity contribution is 5.41. The summed E-state index contributed by atoms with van der Waals surface area (Å²) in [6, 6.07) is 16.1. The second-order valence-corrected chi connectivity index (χ2v) is 6.39. The van der Waals surface area contributed by atoms with Crippen LogP contribution in [0.5, 0.6) is 5.75 Å². The second-order valence-electron chi connectivity index (χ2n) is 6.39. The fourth-order valence-corrected chi connectivity index (χ4v) is 3.13. The Hall–Kier alpha value is -2.16. The van der Waals surface area contributed by atoms with E-state index >= 15 is 0 Å². The van der Waals surface area contributed by atoms with E-state index in [1.807, 2.05) is 30.3 Å². The Balaban J connectivity index is 1.45. The summed E-state index contributed by atoms with van der Waals surface area (Å²) >= 11 is 0. The number of fused-ring (bicyclic) bond motifs is 1. The van der Waals surface area contributed by atoms with Gasteiger partial charge in [0.25, 0.3) is 0 Å². The summed E-state index contributed by atoms with van der Waals surface area (Å²) in [5.74, 6) is 0.480. The molecule has 2 aliphatic rings. The maximum atomic E-state index is 10.5. The monoisotopic (exact) mass is 359 g/mol. The summed E-state index contributed by atoms with van der Waals surface area (Å²) in [5.41, 5.74) is 7.09. The van der Waals surface area contributed by atoms with Gasteiger partial charge < -0.3 is 34.9 Å². The Morgan fingerprint density at radius 1 is 0.923 bits per heavy atom. The average molecular weight is 359 g/mol. The summed E-state index contributed by atoms with van der Waals surface area (Å²) < 4.78 is 23.0. The van der Waals surface area contributed by atoms with Crippen LogP contribution in [0.15, 0.2) is 54.6 Å². The molecule has 0 aliphatic carbocycles. The summed E-state index contributed by atoms with van der Waals surface area (Å²) in [7, 11) is 0. The van der Waals surface area contributed by atoms with Crippen molar-refractivity contribution < 1.29 is 29.2 Å². The van der Waals surface area contributed by atoms with Crippen LogP contribution in [0, 0.1) is 0 Å². The van der Waals surface area contributed by atoms with Crippen molar-refractivity contribution in [2.45, 2.75) is 37.0 Å². The number of hydrogen-bond donors (Lipinski definition) is 3. The first-order valence-electron chi connectivity index (χ1n) is 8.47. The second kappa shape index (κ2) is 7.22. The van der Waals surface area contributed by atoms with Gasteiger partial charge in [-0.15, -0.1) is 0 Å². The zero-order chi connectivity index (χ0) is 18.1. The molecule has 0 bridgehead atoms. The number of rotatable bonds is 3. The van der Waals surface area contributed by atoms with Crippen LogP contribution >= 0.6 is 0 Å². The van der Waals surface area contributed by atoms with Gasteiger partial charge in [0.1, 0.15) is 30.2 Å². The van der Waals surface area contributed by atoms with Gasteiger partial charge in [-0.1, -0.05) is 30.3 Å². The molecular weight excluding hydrogens is 338 g/mol. The number of anilines is 1. The molecular formula is C19H21NO6. The molecule has 7 nitrogen and oxygen atoms in total. The molecule has 0 saturated carbocycles. The van der Waals surface area contributed by atoms with Crippen molar-refractivity contribution in [3.05, 3.63) is 60.2 Å². The smallest absolute Gasteiger partial charge is 0.229 e. The zero-order valence-corrected chi connectivity index (χ0v) is 14.0. The summed E-state index contributed by atoms with van der Waals surface area (Å²) in [5, 5.41) is 20.9. The molecule has 2 heterocycles. The number of hydrogen-bond acceptors (Lipinski definition) is 7. The normalized spacial score (nSPS) is 34.1. The fraction of sp³-hybridized carbons (Fsp3) is 0.368. The van der Waals surface area contributed by atoms with Gasteiger partial charge >= 0.3 is 0 Å². The number of nitrogens with two attached hydrogens (primary N) is 1. The van der Waals surface area contributed by atoms with Crippen LogP contribution in [-0.2, 0) is 14.2 Å². The van der Waals surface area contributed by atoms with E-state index < -0.39 is 37.0 Å². The minimum absolute atomic E-state index is 0.218. The summed E-state index contributed by atoms with van der Waals surface area (Å²) in [4.78, 5) is 0. The predicted molar refractivity (Wildman–Crippen MR) is 92.2 cm³/mol. The third-order valence-corrected chi connectivity index (χ3v) is 4.54. The highest BCUT2D eigenvalue weighted by Gasteiger charge is 2.49. The highest BCUT2D eigenvalue weighted by Crippen LogP contribution is 2.34. The molecule has 2 fully saturated rings. The van der Waals surface area contributed by atoms with Gasteiger partial charge in [-0.2, -0.15) is 0 Å². The Labute approximate surface area is 150 Å². The van der Waals surface area contributed by atoms with Crippen LogP contribution in [0.1, 0.15) is 11.9 Å². The number of nitrogen functional groups attached to an aromatic ring is 1. The molecule has 2 saturated heterocycles. The van der Waals surface area contributed by atoms with Crippen LogP contribution in [-0.4, -0.2) is 47.5 Å². The number of aliphatic hydroxyl groups is 2. The molecule has 0 spiro atoms. The van der Waals surface area contributed by atoms with Crippen molar-refractivity contribution in [1.29, 1.82) is 0 Å². The van der Waals surface area contributed by atoms with Gasteiger partial charge in [0.2, 0.25) is 6.29 Å². The quantitative estimate of drug-likeness (QED) is 0.708. The van der Waals surface area contributed by atoms with Crippen molar-refractivity contribution in [1.82, 2.24) is 0 Å². The van der Waals surface area contributed by atoms with Crippen LogP contribution in [0.25, 0.3) is 0 Å². The lowest BCUT2D eigenvalue weighted by Gasteiger charge is -2.46. The first-order valence-corrected chi connectivity index (χ1v) is 8.47. The Morgan fingerprint density at radius 3 is 2.38 bits per heavy atom. The molecule has 0 radical (unpaired) electrons. The van der Waals surface area contributed by atoms with Crippen molar-refractivity contribution in [3.8, 4) is 5.75 Å². The van der Waals surface area contributed by atoms with E-state index in [0.717, 1.165) is 5.56 Å². The molecule has 138 valence electrons. The molecule has 6 atom stereocenters. The predicted octanol–water partition coefficient (Wildman–Crippen LogP) is 1.21. The fourth-order valence-electron chi connectivity index (χ4n) is 3.13.